The molecule has 1 aliphatic rings. The molecule has 1 atom stereocenters. The highest BCUT2D eigenvalue weighted by molar-refractivity contribution is 5.32. The molecule has 0 radical (unpaired) electrons. The molecular formula is C9H16N4. The van der Waals surface area contributed by atoms with Crippen molar-refractivity contribution in [2.45, 2.75) is 18.9 Å². The minimum atomic E-state index is 0.627. The van der Waals surface area contributed by atoms with E-state index in [2.05, 4.69) is 15.7 Å². The van der Waals surface area contributed by atoms with E-state index in [1.807, 2.05) is 24.0 Å². The van der Waals surface area contributed by atoms with Gasteiger partial charge in [0.25, 0.3) is 0 Å². The monoisotopic (exact) mass is 180 g/mol. The molecule has 1 saturated heterocycles. The van der Waals surface area contributed by atoms with Crippen LogP contribution in [0.3, 0.4) is 0 Å². The molecule has 1 aromatic rings. The van der Waals surface area contributed by atoms with Crippen molar-refractivity contribution >= 4 is 5.82 Å². The maximum atomic E-state index is 4.25. The van der Waals surface area contributed by atoms with Gasteiger partial charge in [-0.05, 0) is 19.4 Å². The van der Waals surface area contributed by atoms with Crippen molar-refractivity contribution in [1.29, 1.82) is 0 Å². The Bertz CT molecular complexity index is 262. The molecule has 1 aliphatic heterocycles. The van der Waals surface area contributed by atoms with E-state index in [4.69, 9.17) is 0 Å². The Morgan fingerprint density at radius 2 is 2.69 bits per heavy atom. The standard InChI is InChI=1S/C9H16N4/c1-13-6-4-9(12-13)11-7-8-3-2-5-10-8/h4,6,8,10H,2-3,5,7H2,1H3,(H,11,12)/t8-/m1/s1. The van der Waals surface area contributed by atoms with Gasteiger partial charge in [0.05, 0.1) is 0 Å². The maximum absolute atomic E-state index is 4.25. The second-order valence-corrected chi connectivity index (χ2v) is 3.55. The number of aromatic nitrogens is 2. The molecule has 0 bridgehead atoms. The molecule has 0 spiro atoms. The summed E-state index contributed by atoms with van der Waals surface area (Å²) in [4.78, 5) is 0. The van der Waals surface area contributed by atoms with Gasteiger partial charge in [0.15, 0.2) is 0 Å². The van der Waals surface area contributed by atoms with E-state index in [1.165, 1.54) is 12.8 Å². The van der Waals surface area contributed by atoms with Crippen LogP contribution in [0.25, 0.3) is 0 Å². The van der Waals surface area contributed by atoms with E-state index in [0.717, 1.165) is 18.9 Å². The smallest absolute Gasteiger partial charge is 0.148 e. The molecule has 0 amide bonds. The lowest BCUT2D eigenvalue weighted by molar-refractivity contribution is 0.631. The molecule has 2 rings (SSSR count). The molecule has 0 saturated carbocycles. The van der Waals surface area contributed by atoms with Crippen molar-refractivity contribution < 1.29 is 0 Å². The van der Waals surface area contributed by atoms with E-state index in [9.17, 15) is 0 Å². The van der Waals surface area contributed by atoms with Crippen LogP contribution in [0.4, 0.5) is 5.82 Å². The van der Waals surface area contributed by atoms with Gasteiger partial charge in [-0.3, -0.25) is 4.68 Å². The SMILES string of the molecule is Cn1ccc(NC[C@H]2CCCN2)n1. The summed E-state index contributed by atoms with van der Waals surface area (Å²) in [7, 11) is 1.93. The summed E-state index contributed by atoms with van der Waals surface area (Å²) >= 11 is 0. The third kappa shape index (κ3) is 2.21. The lowest BCUT2D eigenvalue weighted by Crippen LogP contribution is -2.29. The summed E-state index contributed by atoms with van der Waals surface area (Å²) in [6.45, 7) is 2.14. The van der Waals surface area contributed by atoms with Gasteiger partial charge in [-0.25, -0.2) is 0 Å². The number of hydrogen-bond acceptors (Lipinski definition) is 3. The first-order valence-corrected chi connectivity index (χ1v) is 4.81. The van der Waals surface area contributed by atoms with E-state index in [0.29, 0.717) is 6.04 Å². The van der Waals surface area contributed by atoms with E-state index >= 15 is 0 Å². The van der Waals surface area contributed by atoms with Crippen molar-refractivity contribution in [2.75, 3.05) is 18.4 Å². The van der Waals surface area contributed by atoms with Crippen molar-refractivity contribution in [2.24, 2.45) is 7.05 Å². The topological polar surface area (TPSA) is 41.9 Å². The quantitative estimate of drug-likeness (QED) is 0.715. The predicted octanol–water partition coefficient (Wildman–Crippen LogP) is 0.584. The van der Waals surface area contributed by atoms with Crippen LogP contribution in [0, 0.1) is 0 Å². The number of hydrogen-bond donors (Lipinski definition) is 2. The highest BCUT2D eigenvalue weighted by atomic mass is 15.3. The Hall–Kier alpha value is -1.03. The summed E-state index contributed by atoms with van der Waals surface area (Å²) in [5.41, 5.74) is 0. The second-order valence-electron chi connectivity index (χ2n) is 3.55. The van der Waals surface area contributed by atoms with Crippen LogP contribution in [0.5, 0.6) is 0 Å². The molecule has 0 unspecified atom stereocenters. The minimum Gasteiger partial charge on any atom is -0.367 e. The summed E-state index contributed by atoms with van der Waals surface area (Å²) in [6, 6.07) is 2.62. The summed E-state index contributed by atoms with van der Waals surface area (Å²) in [5, 5.41) is 11.0. The third-order valence-electron chi connectivity index (χ3n) is 2.41. The van der Waals surface area contributed by atoms with Gasteiger partial charge in [0.2, 0.25) is 0 Å². The van der Waals surface area contributed by atoms with E-state index in [1.54, 1.807) is 0 Å². The summed E-state index contributed by atoms with van der Waals surface area (Å²) in [6.07, 6.45) is 4.53. The zero-order valence-corrected chi connectivity index (χ0v) is 7.95. The molecule has 72 valence electrons. The number of anilines is 1. The molecule has 13 heavy (non-hydrogen) atoms. The van der Waals surface area contributed by atoms with Gasteiger partial charge in [0.1, 0.15) is 5.82 Å². The van der Waals surface area contributed by atoms with Crippen LogP contribution in [-0.4, -0.2) is 28.9 Å². The molecule has 2 N–H and O–H groups in total. The van der Waals surface area contributed by atoms with E-state index in [-0.39, 0.29) is 0 Å². The van der Waals surface area contributed by atoms with Crippen molar-refractivity contribution in [3.8, 4) is 0 Å². The molecule has 2 heterocycles. The first kappa shape index (κ1) is 8.56. The average Bonchev–Trinajstić information content (AvgIpc) is 2.71. The van der Waals surface area contributed by atoms with Gasteiger partial charge in [-0.1, -0.05) is 0 Å². The van der Waals surface area contributed by atoms with Gasteiger partial charge < -0.3 is 10.6 Å². The fraction of sp³-hybridized carbons (Fsp3) is 0.667. The van der Waals surface area contributed by atoms with Crippen LogP contribution < -0.4 is 10.6 Å². The van der Waals surface area contributed by atoms with Crippen LogP contribution in [0.15, 0.2) is 12.3 Å². The Morgan fingerprint density at radius 1 is 1.77 bits per heavy atom. The normalized spacial score (nSPS) is 22.1. The Balaban J connectivity index is 1.78. The van der Waals surface area contributed by atoms with Crippen LogP contribution in [0.2, 0.25) is 0 Å². The first-order valence-electron chi connectivity index (χ1n) is 4.81. The van der Waals surface area contributed by atoms with Crippen LogP contribution >= 0.6 is 0 Å². The minimum absolute atomic E-state index is 0.627. The molecule has 4 nitrogen and oxygen atoms in total. The Morgan fingerprint density at radius 3 is 3.31 bits per heavy atom. The third-order valence-corrected chi connectivity index (χ3v) is 2.41. The first-order chi connectivity index (χ1) is 6.34. The molecule has 1 fully saturated rings. The lowest BCUT2D eigenvalue weighted by Gasteiger charge is -2.10. The number of aryl methyl sites for hydroxylation is 1. The molecule has 4 heteroatoms. The van der Waals surface area contributed by atoms with Crippen LogP contribution in [-0.2, 0) is 7.05 Å². The number of nitrogens with zero attached hydrogens (tertiary/aromatic N) is 2. The second kappa shape index (κ2) is 3.79. The molecular weight excluding hydrogens is 164 g/mol. The molecule has 0 aromatic carbocycles. The number of nitrogens with one attached hydrogen (secondary N) is 2. The lowest BCUT2D eigenvalue weighted by atomic mass is 10.2. The average molecular weight is 180 g/mol. The van der Waals surface area contributed by atoms with Gasteiger partial charge in [-0.2, -0.15) is 5.10 Å². The summed E-state index contributed by atoms with van der Waals surface area (Å²) < 4.78 is 1.81. The summed E-state index contributed by atoms with van der Waals surface area (Å²) in [5.74, 6) is 0.969. The highest BCUT2D eigenvalue weighted by Gasteiger charge is 2.13. The fourth-order valence-corrected chi connectivity index (χ4v) is 1.67. The largest absolute Gasteiger partial charge is 0.367 e. The van der Waals surface area contributed by atoms with Crippen molar-refractivity contribution in [1.82, 2.24) is 15.1 Å². The zero-order chi connectivity index (χ0) is 9.10. The Labute approximate surface area is 78.3 Å². The molecule has 0 aliphatic carbocycles. The number of rotatable bonds is 3. The van der Waals surface area contributed by atoms with Gasteiger partial charge >= 0.3 is 0 Å². The van der Waals surface area contributed by atoms with Crippen molar-refractivity contribution in [3.63, 3.8) is 0 Å². The van der Waals surface area contributed by atoms with Crippen molar-refractivity contribution in [3.05, 3.63) is 12.3 Å². The predicted molar refractivity (Wildman–Crippen MR) is 52.7 cm³/mol. The fourth-order valence-electron chi connectivity index (χ4n) is 1.67. The maximum Gasteiger partial charge on any atom is 0.148 e. The van der Waals surface area contributed by atoms with E-state index < -0.39 is 0 Å². The van der Waals surface area contributed by atoms with Gasteiger partial charge in [-0.15, -0.1) is 0 Å². The van der Waals surface area contributed by atoms with Crippen LogP contribution in [0.1, 0.15) is 12.8 Å². The highest BCUT2D eigenvalue weighted by Crippen LogP contribution is 2.06. The zero-order valence-electron chi connectivity index (χ0n) is 7.95. The van der Waals surface area contributed by atoms with Gasteiger partial charge in [0, 0.05) is 31.9 Å². The Kier molecular flexibility index (Phi) is 2.49. The molecule has 1 aromatic heterocycles.